The molecule has 0 radical (unpaired) electrons. The number of Topliss-reactive ketones (excluding diaryl/α,β-unsaturated/α-hetero) is 1. The average molecular weight is 862 g/mol. The SMILES string of the molecule is CC(C)C1=C2[C@H]3CC[C@@H]4[C@@]5(C)CC[C@H](OC(=O)[C@H]6C[C@@H](C(=O)O)C6(C)C)C(C)(C)[C@@H]5CC[C@@]4(C)[C@]3(C)CC[C@@]2([C@@H](O)CNCC2(NC(=O)c3ccc(Cl)cc3)CCC2)CC1=O. The molecule has 7 aliphatic carbocycles. The number of nitrogens with one attached hydrogen (secondary N) is 2. The number of halogens is 1. The Morgan fingerprint density at radius 3 is 2.13 bits per heavy atom. The summed E-state index contributed by atoms with van der Waals surface area (Å²) >= 11 is 6.08. The van der Waals surface area contributed by atoms with Crippen LogP contribution in [-0.2, 0) is 19.1 Å². The molecule has 0 heterocycles. The molecular weight excluding hydrogens is 788 g/mol. The fraction of sp³-hybridized carbons (Fsp3) is 0.765. The second-order valence-electron chi connectivity index (χ2n) is 23.4. The van der Waals surface area contributed by atoms with Gasteiger partial charge in [0.05, 0.1) is 23.5 Å². The normalized spacial score (nSPS) is 39.7. The third-order valence-corrected chi connectivity index (χ3v) is 20.0. The van der Waals surface area contributed by atoms with Gasteiger partial charge in [0.15, 0.2) is 5.78 Å². The summed E-state index contributed by atoms with van der Waals surface area (Å²) in [5.74, 6) is -0.762. The molecule has 4 N–H and O–H groups in total. The fourth-order valence-corrected chi connectivity index (χ4v) is 15.9. The van der Waals surface area contributed by atoms with E-state index in [0.717, 1.165) is 76.2 Å². The van der Waals surface area contributed by atoms with Crippen molar-refractivity contribution in [2.45, 2.75) is 164 Å². The molecule has 9 nitrogen and oxygen atoms in total. The maximum atomic E-state index is 14.3. The highest BCUT2D eigenvalue weighted by molar-refractivity contribution is 6.30. The maximum absolute atomic E-state index is 14.3. The third-order valence-electron chi connectivity index (χ3n) is 19.8. The molecule has 0 bridgehead atoms. The number of carbonyl (C=O) groups is 4. The van der Waals surface area contributed by atoms with Crippen LogP contribution in [0.5, 0.6) is 0 Å². The zero-order chi connectivity index (χ0) is 44.3. The number of amides is 1. The van der Waals surface area contributed by atoms with E-state index in [4.69, 9.17) is 16.3 Å². The van der Waals surface area contributed by atoms with Crippen LogP contribution in [0.15, 0.2) is 35.4 Å². The number of aliphatic carboxylic acids is 1. The van der Waals surface area contributed by atoms with Crippen LogP contribution in [0.3, 0.4) is 0 Å². The average Bonchev–Trinajstić information content (AvgIpc) is 3.48. The molecule has 6 fully saturated rings. The Labute approximate surface area is 369 Å². The van der Waals surface area contributed by atoms with Gasteiger partial charge in [-0.3, -0.25) is 19.2 Å². The third kappa shape index (κ3) is 6.72. The zero-order valence-electron chi connectivity index (χ0n) is 38.3. The molecule has 7 aliphatic rings. The molecule has 0 unspecified atom stereocenters. The number of carbonyl (C=O) groups excluding carboxylic acids is 3. The first-order valence-electron chi connectivity index (χ1n) is 23.7. The van der Waals surface area contributed by atoms with E-state index in [-0.39, 0.29) is 62.8 Å². The number of aliphatic hydroxyl groups excluding tert-OH is 1. The quantitative estimate of drug-likeness (QED) is 0.161. The topological polar surface area (TPSA) is 142 Å². The van der Waals surface area contributed by atoms with Gasteiger partial charge in [0, 0.05) is 40.9 Å². The number of rotatable bonds is 11. The molecule has 0 aliphatic heterocycles. The standard InChI is InChI=1S/C51H73ClN2O7/c1-29(2)40-35(55)26-51(38(56)27-53-28-50(19-10-20-50)54-42(57)30-11-13-31(52)14-12-30)24-23-48(8)32(41(40)51)15-16-37-47(7)21-18-39(46(5,6)36(47)17-22-49(37,48)9)61-44(60)34-25-33(43(58)59)45(34,3)4/h11-14,29,32-34,36-39,53,56H,10,15-28H2,1-9H3,(H,54,57)(H,58,59)/t32-,33+,34-,36+,37-,38+,39+,47+,48-,49-,51+/m1/s1. The highest BCUT2D eigenvalue weighted by Crippen LogP contribution is 2.77. The number of ketones is 1. The van der Waals surface area contributed by atoms with E-state index in [1.807, 2.05) is 13.8 Å². The van der Waals surface area contributed by atoms with Gasteiger partial charge in [0.1, 0.15) is 6.10 Å². The van der Waals surface area contributed by atoms with Gasteiger partial charge in [0.2, 0.25) is 0 Å². The number of carboxylic acids is 1. The molecule has 0 spiro atoms. The first-order valence-corrected chi connectivity index (χ1v) is 24.0. The van der Waals surface area contributed by atoms with E-state index in [1.54, 1.807) is 24.3 Å². The maximum Gasteiger partial charge on any atom is 0.309 e. The Morgan fingerprint density at radius 1 is 0.836 bits per heavy atom. The molecule has 1 aromatic carbocycles. The molecule has 1 amide bonds. The van der Waals surface area contributed by atoms with Crippen molar-refractivity contribution in [1.82, 2.24) is 10.6 Å². The summed E-state index contributed by atoms with van der Waals surface area (Å²) in [6.45, 7) is 21.2. The van der Waals surface area contributed by atoms with Crippen LogP contribution < -0.4 is 10.6 Å². The van der Waals surface area contributed by atoms with Crippen LogP contribution in [-0.4, -0.2) is 64.7 Å². The van der Waals surface area contributed by atoms with Crippen LogP contribution in [0, 0.1) is 68.0 Å². The van der Waals surface area contributed by atoms with Crippen molar-refractivity contribution in [2.24, 2.45) is 68.0 Å². The number of ether oxygens (including phenoxy) is 1. The minimum absolute atomic E-state index is 0.0253. The number of allylic oxidation sites excluding steroid dienone is 1. The van der Waals surface area contributed by atoms with Crippen molar-refractivity contribution >= 4 is 35.2 Å². The van der Waals surface area contributed by atoms with E-state index in [0.29, 0.717) is 48.4 Å². The van der Waals surface area contributed by atoms with Crippen molar-refractivity contribution in [2.75, 3.05) is 13.1 Å². The summed E-state index contributed by atoms with van der Waals surface area (Å²) in [4.78, 5) is 53.0. The number of aliphatic hydroxyl groups is 1. The Balaban J connectivity index is 0.995. The number of esters is 1. The van der Waals surface area contributed by atoms with Crippen molar-refractivity contribution in [3.63, 3.8) is 0 Å². The Morgan fingerprint density at radius 2 is 1.52 bits per heavy atom. The van der Waals surface area contributed by atoms with Gasteiger partial charge in [-0.2, -0.15) is 0 Å². The van der Waals surface area contributed by atoms with Crippen LogP contribution in [0.25, 0.3) is 0 Å². The highest BCUT2D eigenvalue weighted by Gasteiger charge is 2.71. The van der Waals surface area contributed by atoms with E-state index in [9.17, 15) is 29.4 Å². The Bertz CT molecular complexity index is 1990. The molecule has 336 valence electrons. The predicted octanol–water partition coefficient (Wildman–Crippen LogP) is 9.58. The fourth-order valence-electron chi connectivity index (χ4n) is 15.7. The number of benzene rings is 1. The summed E-state index contributed by atoms with van der Waals surface area (Å²) in [7, 11) is 0. The van der Waals surface area contributed by atoms with Crippen LogP contribution in [0.4, 0.5) is 0 Å². The first kappa shape index (κ1) is 44.8. The molecule has 10 heteroatoms. The van der Waals surface area contributed by atoms with Crippen molar-refractivity contribution in [1.29, 1.82) is 0 Å². The Hall–Kier alpha value is -2.75. The smallest absolute Gasteiger partial charge is 0.309 e. The monoisotopic (exact) mass is 861 g/mol. The van der Waals surface area contributed by atoms with Gasteiger partial charge in [-0.15, -0.1) is 0 Å². The lowest BCUT2D eigenvalue weighted by molar-refractivity contribution is -0.238. The molecule has 11 atom stereocenters. The number of hydrogen-bond acceptors (Lipinski definition) is 7. The second-order valence-corrected chi connectivity index (χ2v) is 23.8. The largest absolute Gasteiger partial charge is 0.481 e. The minimum Gasteiger partial charge on any atom is -0.481 e. The van der Waals surface area contributed by atoms with E-state index < -0.39 is 34.7 Å². The first-order chi connectivity index (χ1) is 28.5. The van der Waals surface area contributed by atoms with E-state index in [1.165, 1.54) is 5.57 Å². The lowest BCUT2D eigenvalue weighted by atomic mass is 9.33. The lowest BCUT2D eigenvalue weighted by Gasteiger charge is -2.72. The van der Waals surface area contributed by atoms with Crippen molar-refractivity contribution < 1.29 is 34.1 Å². The van der Waals surface area contributed by atoms with Crippen molar-refractivity contribution in [3.05, 3.63) is 46.0 Å². The van der Waals surface area contributed by atoms with Crippen LogP contribution >= 0.6 is 11.6 Å². The molecule has 0 aromatic heterocycles. The summed E-state index contributed by atoms with van der Waals surface area (Å²) in [6, 6.07) is 6.96. The van der Waals surface area contributed by atoms with Crippen LogP contribution in [0.1, 0.15) is 156 Å². The molecule has 61 heavy (non-hydrogen) atoms. The molecule has 0 saturated heterocycles. The summed E-state index contributed by atoms with van der Waals surface area (Å²) in [5, 5.41) is 29.6. The van der Waals surface area contributed by atoms with Crippen LogP contribution in [0.2, 0.25) is 5.02 Å². The van der Waals surface area contributed by atoms with Gasteiger partial charge in [-0.25, -0.2) is 0 Å². The number of hydrogen-bond donors (Lipinski definition) is 4. The molecule has 1 aromatic rings. The minimum atomic E-state index is -0.837. The van der Waals surface area contributed by atoms with Gasteiger partial charge >= 0.3 is 11.9 Å². The van der Waals surface area contributed by atoms with Gasteiger partial charge in [-0.1, -0.05) is 79.5 Å². The number of carboxylic acid groups (broad SMARTS) is 1. The summed E-state index contributed by atoms with van der Waals surface area (Å²) in [6.07, 6.45) is 10.3. The predicted molar refractivity (Wildman–Crippen MR) is 237 cm³/mol. The highest BCUT2D eigenvalue weighted by atomic mass is 35.5. The van der Waals surface area contributed by atoms with Gasteiger partial charge in [0.25, 0.3) is 5.91 Å². The lowest BCUT2D eigenvalue weighted by Crippen LogP contribution is -2.66. The summed E-state index contributed by atoms with van der Waals surface area (Å²) in [5.41, 5.74) is 1.02. The molecule has 6 saturated carbocycles. The molecular formula is C51H73ClN2O7. The van der Waals surface area contributed by atoms with E-state index >= 15 is 0 Å². The number of fused-ring (bicyclic) bond motifs is 7. The summed E-state index contributed by atoms with van der Waals surface area (Å²) < 4.78 is 6.43. The van der Waals surface area contributed by atoms with E-state index in [2.05, 4.69) is 59.1 Å². The Kier molecular flexibility index (Phi) is 11.2. The second kappa shape index (κ2) is 15.2. The van der Waals surface area contributed by atoms with Crippen molar-refractivity contribution in [3.8, 4) is 0 Å². The van der Waals surface area contributed by atoms with Gasteiger partial charge in [-0.05, 0) is 152 Å². The zero-order valence-corrected chi connectivity index (χ0v) is 39.1. The molecule has 8 rings (SSSR count). The van der Waals surface area contributed by atoms with Gasteiger partial charge < -0.3 is 25.6 Å².